The van der Waals surface area contributed by atoms with E-state index in [1.54, 1.807) is 11.1 Å². The Balaban J connectivity index is 1.42. The van der Waals surface area contributed by atoms with Crippen LogP contribution in [0, 0.1) is 0 Å². The quantitative estimate of drug-likeness (QED) is 0.317. The van der Waals surface area contributed by atoms with Gasteiger partial charge in [0.2, 0.25) is 11.8 Å². The van der Waals surface area contributed by atoms with Gasteiger partial charge >= 0.3 is 0 Å². The molecular weight excluding hydrogens is 486 g/mol. The molecule has 2 heterocycles. The summed E-state index contributed by atoms with van der Waals surface area (Å²) in [6, 6.07) is 32.5. The minimum atomic E-state index is -0.532. The number of nitrogens with zero attached hydrogens (tertiary/aromatic N) is 2. The van der Waals surface area contributed by atoms with Gasteiger partial charge in [-0.1, -0.05) is 78.9 Å². The Kier molecular flexibility index (Phi) is 8.64. The average molecular weight is 520 g/mol. The third-order valence-electron chi connectivity index (χ3n) is 7.07. The molecular formula is C33H33N3O3. The van der Waals surface area contributed by atoms with Gasteiger partial charge in [0.05, 0.1) is 11.6 Å². The van der Waals surface area contributed by atoms with Crippen molar-refractivity contribution in [2.45, 2.75) is 44.4 Å². The topological polar surface area (TPSA) is 71.5 Å². The van der Waals surface area contributed by atoms with E-state index in [1.807, 2.05) is 103 Å². The molecule has 1 aromatic heterocycles. The third-order valence-corrected chi connectivity index (χ3v) is 7.07. The van der Waals surface area contributed by atoms with Crippen LogP contribution in [0.5, 0.6) is 5.75 Å². The summed E-state index contributed by atoms with van der Waals surface area (Å²) in [5.74, 6) is 0.0475. The molecule has 2 amide bonds. The van der Waals surface area contributed by atoms with E-state index >= 15 is 0 Å². The maximum Gasteiger partial charge on any atom is 0.242 e. The molecule has 0 spiro atoms. The van der Waals surface area contributed by atoms with Crippen molar-refractivity contribution >= 4 is 11.8 Å². The molecule has 6 nitrogen and oxygen atoms in total. The van der Waals surface area contributed by atoms with Gasteiger partial charge < -0.3 is 15.0 Å². The summed E-state index contributed by atoms with van der Waals surface area (Å²) < 4.78 is 5.90. The largest absolute Gasteiger partial charge is 0.487 e. The molecule has 1 aliphatic heterocycles. The minimum Gasteiger partial charge on any atom is -0.487 e. The Morgan fingerprint density at radius 2 is 1.54 bits per heavy atom. The zero-order valence-corrected chi connectivity index (χ0v) is 21.9. The number of carbonyl (C=O) groups excluding carboxylic acids is 2. The predicted octanol–water partition coefficient (Wildman–Crippen LogP) is 5.49. The second kappa shape index (κ2) is 12.9. The van der Waals surface area contributed by atoms with Crippen molar-refractivity contribution in [1.29, 1.82) is 0 Å². The van der Waals surface area contributed by atoms with Gasteiger partial charge in [-0.2, -0.15) is 0 Å². The van der Waals surface area contributed by atoms with E-state index in [9.17, 15) is 9.59 Å². The maximum atomic E-state index is 14.4. The van der Waals surface area contributed by atoms with Crippen LogP contribution >= 0.6 is 0 Å². The fourth-order valence-corrected chi connectivity index (χ4v) is 5.03. The van der Waals surface area contributed by atoms with Crippen molar-refractivity contribution < 1.29 is 14.3 Å². The van der Waals surface area contributed by atoms with Crippen LogP contribution in [0.2, 0.25) is 0 Å². The molecule has 1 atom stereocenters. The number of ether oxygens (including phenoxy) is 1. The van der Waals surface area contributed by atoms with Gasteiger partial charge in [-0.05, 0) is 60.2 Å². The zero-order valence-electron chi connectivity index (χ0n) is 21.9. The van der Waals surface area contributed by atoms with Gasteiger partial charge in [0.25, 0.3) is 0 Å². The second-order valence-electron chi connectivity index (χ2n) is 9.78. The molecule has 0 radical (unpaired) electrons. The minimum absolute atomic E-state index is 0.0788. The Morgan fingerprint density at radius 3 is 2.18 bits per heavy atom. The smallest absolute Gasteiger partial charge is 0.242 e. The second-order valence-corrected chi connectivity index (χ2v) is 9.78. The highest BCUT2D eigenvalue weighted by molar-refractivity contribution is 5.92. The molecule has 0 unspecified atom stereocenters. The van der Waals surface area contributed by atoms with E-state index < -0.39 is 12.0 Å². The number of aromatic nitrogens is 1. The third kappa shape index (κ3) is 6.71. The van der Waals surface area contributed by atoms with Crippen LogP contribution < -0.4 is 10.1 Å². The van der Waals surface area contributed by atoms with E-state index in [1.165, 1.54) is 0 Å². The van der Waals surface area contributed by atoms with Crippen molar-refractivity contribution in [3.05, 3.63) is 132 Å². The summed E-state index contributed by atoms with van der Waals surface area (Å²) >= 11 is 0. The van der Waals surface area contributed by atoms with Crippen LogP contribution in [0.4, 0.5) is 0 Å². The summed E-state index contributed by atoms with van der Waals surface area (Å²) in [6.45, 7) is 1.34. The molecule has 198 valence electrons. The molecule has 1 saturated heterocycles. The van der Waals surface area contributed by atoms with Crippen molar-refractivity contribution in [2.24, 2.45) is 0 Å². The van der Waals surface area contributed by atoms with Gasteiger partial charge in [0.15, 0.2) is 0 Å². The van der Waals surface area contributed by atoms with E-state index in [4.69, 9.17) is 4.74 Å². The number of carbonyl (C=O) groups is 2. The standard InChI is InChI=1S/C33H33N3O3/c37-32-30(16-8-10-22-35-32)36(23-25-17-19-29(20-18-25)39-24-28-15-7-9-21-34-28)33(38)31(26-11-3-1-4-12-26)27-13-5-2-6-14-27/h1-7,9,11-15,17-21,30-31H,8,10,16,22-24H2,(H,35,37)/t30-/m0/s1. The molecule has 0 aliphatic carbocycles. The average Bonchev–Trinajstić information content (AvgIpc) is 3.21. The van der Waals surface area contributed by atoms with Crippen LogP contribution in [0.15, 0.2) is 109 Å². The highest BCUT2D eigenvalue weighted by Crippen LogP contribution is 2.30. The van der Waals surface area contributed by atoms with Crippen LogP contribution in [0.25, 0.3) is 0 Å². The lowest BCUT2D eigenvalue weighted by Crippen LogP contribution is -2.49. The Bertz CT molecular complexity index is 1310. The number of pyridine rings is 1. The molecule has 4 aromatic rings. The molecule has 1 fully saturated rings. The summed E-state index contributed by atoms with van der Waals surface area (Å²) in [5.41, 5.74) is 3.60. The maximum absolute atomic E-state index is 14.4. The van der Waals surface area contributed by atoms with E-state index in [-0.39, 0.29) is 11.8 Å². The lowest BCUT2D eigenvalue weighted by molar-refractivity contribution is -0.141. The molecule has 5 rings (SSSR count). The fraction of sp³-hybridized carbons (Fsp3) is 0.242. The van der Waals surface area contributed by atoms with Crippen molar-refractivity contribution in [3.63, 3.8) is 0 Å². The molecule has 39 heavy (non-hydrogen) atoms. The van der Waals surface area contributed by atoms with Gasteiger partial charge in [-0.3, -0.25) is 14.6 Å². The normalized spacial score (nSPS) is 15.3. The van der Waals surface area contributed by atoms with Gasteiger partial charge in [-0.15, -0.1) is 0 Å². The number of nitrogens with one attached hydrogen (secondary N) is 1. The van der Waals surface area contributed by atoms with E-state index in [0.29, 0.717) is 26.1 Å². The van der Waals surface area contributed by atoms with Gasteiger partial charge in [-0.25, -0.2) is 0 Å². The summed E-state index contributed by atoms with van der Waals surface area (Å²) in [7, 11) is 0. The number of rotatable bonds is 9. The fourth-order valence-electron chi connectivity index (χ4n) is 5.03. The first-order valence-corrected chi connectivity index (χ1v) is 13.5. The Morgan fingerprint density at radius 1 is 0.872 bits per heavy atom. The van der Waals surface area contributed by atoms with Gasteiger partial charge in [0, 0.05) is 19.3 Å². The lowest BCUT2D eigenvalue weighted by atomic mass is 9.89. The lowest BCUT2D eigenvalue weighted by Gasteiger charge is -2.33. The molecule has 1 aliphatic rings. The monoisotopic (exact) mass is 519 g/mol. The first-order chi connectivity index (χ1) is 19.2. The number of amides is 2. The highest BCUT2D eigenvalue weighted by atomic mass is 16.5. The zero-order chi connectivity index (χ0) is 26.9. The number of benzene rings is 3. The van der Waals surface area contributed by atoms with Crippen molar-refractivity contribution in [2.75, 3.05) is 6.54 Å². The molecule has 0 saturated carbocycles. The highest BCUT2D eigenvalue weighted by Gasteiger charge is 2.35. The van der Waals surface area contributed by atoms with Crippen molar-refractivity contribution in [3.8, 4) is 5.75 Å². The van der Waals surface area contributed by atoms with Crippen LogP contribution in [0.3, 0.4) is 0 Å². The number of hydrogen-bond acceptors (Lipinski definition) is 4. The Hall–Kier alpha value is -4.45. The molecule has 0 bridgehead atoms. The first kappa shape index (κ1) is 26.2. The van der Waals surface area contributed by atoms with Crippen LogP contribution in [0.1, 0.15) is 47.6 Å². The summed E-state index contributed by atoms with van der Waals surface area (Å²) in [6.07, 6.45) is 4.18. The molecule has 6 heteroatoms. The molecule has 3 aromatic carbocycles. The summed E-state index contributed by atoms with van der Waals surface area (Å²) in [4.78, 5) is 33.7. The van der Waals surface area contributed by atoms with Gasteiger partial charge in [0.1, 0.15) is 18.4 Å². The number of hydrogen-bond donors (Lipinski definition) is 1. The van der Waals surface area contributed by atoms with E-state index in [2.05, 4.69) is 10.3 Å². The molecule has 1 N–H and O–H groups in total. The summed E-state index contributed by atoms with van der Waals surface area (Å²) in [5, 5.41) is 3.02. The SMILES string of the molecule is O=C1NCCCC[C@@H]1N(Cc1ccc(OCc2ccccn2)cc1)C(=O)C(c1ccccc1)c1ccccc1. The predicted molar refractivity (Wildman–Crippen MR) is 151 cm³/mol. The first-order valence-electron chi connectivity index (χ1n) is 13.5. The van der Waals surface area contributed by atoms with Crippen molar-refractivity contribution in [1.82, 2.24) is 15.2 Å². The van der Waals surface area contributed by atoms with Crippen LogP contribution in [-0.2, 0) is 22.7 Å². The van der Waals surface area contributed by atoms with Crippen LogP contribution in [-0.4, -0.2) is 34.3 Å². The Labute approximate surface area is 229 Å². The van der Waals surface area contributed by atoms with E-state index in [0.717, 1.165) is 41.0 Å².